The summed E-state index contributed by atoms with van der Waals surface area (Å²) in [5.74, 6) is -1.86. The highest BCUT2D eigenvalue weighted by Crippen LogP contribution is 2.52. The maximum absolute atomic E-state index is 14.1. The molecule has 5 rings (SSSR count). The highest BCUT2D eigenvalue weighted by Gasteiger charge is 2.57. The fraction of sp³-hybridized carbons (Fsp3) is 0.519. The Morgan fingerprint density at radius 2 is 1.98 bits per heavy atom. The van der Waals surface area contributed by atoms with Crippen molar-refractivity contribution >= 4 is 34.6 Å². The van der Waals surface area contributed by atoms with E-state index in [-0.39, 0.29) is 18.5 Å². The minimum absolute atomic E-state index is 0.0502. The van der Waals surface area contributed by atoms with Crippen LogP contribution in [0.25, 0.3) is 4.91 Å². The number of imide groups is 1. The molecule has 2 fully saturated rings. The Bertz CT molecular complexity index is 1310. The molecule has 1 aromatic carbocycles. The number of ether oxygens (including phenoxy) is 3. The summed E-state index contributed by atoms with van der Waals surface area (Å²) in [4.78, 5) is 43.2. The molecule has 12 nitrogen and oxygen atoms in total. The van der Waals surface area contributed by atoms with Gasteiger partial charge in [-0.3, -0.25) is 4.79 Å². The number of hydrogen-bond acceptors (Lipinski definition) is 10. The SMILES string of the molecule is COc1ccccc1[C@H](CN1C(=O)N(C(C)(C)C(=O)O)C(=O)C2C(C)=C(c3nnco3)SC21)OC1CCOCC1. The zero-order valence-electron chi connectivity index (χ0n) is 22.7. The number of amides is 3. The first-order chi connectivity index (χ1) is 19.1. The third-order valence-electron chi connectivity index (χ3n) is 7.59. The second-order valence-corrected chi connectivity index (χ2v) is 11.5. The molecule has 40 heavy (non-hydrogen) atoms. The lowest BCUT2D eigenvalue weighted by Gasteiger charge is -2.47. The number of urea groups is 1. The number of aliphatic carboxylic acids is 1. The topological polar surface area (TPSA) is 145 Å². The van der Waals surface area contributed by atoms with Crippen molar-refractivity contribution in [1.29, 1.82) is 0 Å². The van der Waals surface area contributed by atoms with E-state index in [1.165, 1.54) is 36.9 Å². The average molecular weight is 573 g/mol. The molecule has 13 heteroatoms. The zero-order chi connectivity index (χ0) is 28.6. The van der Waals surface area contributed by atoms with E-state index in [1.807, 2.05) is 24.3 Å². The van der Waals surface area contributed by atoms with E-state index in [0.717, 1.165) is 10.5 Å². The predicted molar refractivity (Wildman–Crippen MR) is 143 cm³/mol. The molecule has 3 aliphatic rings. The normalized spacial score (nSPS) is 23.0. The third-order valence-corrected chi connectivity index (χ3v) is 9.09. The number of carbonyl (C=O) groups is 3. The van der Waals surface area contributed by atoms with Gasteiger partial charge < -0.3 is 28.6 Å². The summed E-state index contributed by atoms with van der Waals surface area (Å²) in [5, 5.41) is 17.1. The van der Waals surface area contributed by atoms with Crippen LogP contribution in [0.5, 0.6) is 5.75 Å². The van der Waals surface area contributed by atoms with Crippen molar-refractivity contribution in [3.8, 4) is 5.75 Å². The van der Waals surface area contributed by atoms with Gasteiger partial charge in [0.1, 0.15) is 17.4 Å². The molecule has 1 N–H and O–H groups in total. The lowest BCUT2D eigenvalue weighted by molar-refractivity contribution is -0.158. The summed E-state index contributed by atoms with van der Waals surface area (Å²) in [7, 11) is 1.57. The van der Waals surface area contributed by atoms with Crippen molar-refractivity contribution in [3.63, 3.8) is 0 Å². The largest absolute Gasteiger partial charge is 0.496 e. The van der Waals surface area contributed by atoms with Gasteiger partial charge in [-0.25, -0.2) is 14.5 Å². The number of carbonyl (C=O) groups excluding carboxylic acids is 2. The Morgan fingerprint density at radius 3 is 2.62 bits per heavy atom. The summed E-state index contributed by atoms with van der Waals surface area (Å²) < 4.78 is 23.2. The average Bonchev–Trinajstić information content (AvgIpc) is 3.59. The molecular weight excluding hydrogens is 540 g/mol. The molecule has 2 unspecified atom stereocenters. The van der Waals surface area contributed by atoms with Gasteiger partial charge in [0.2, 0.25) is 12.3 Å². The number of hydrogen-bond donors (Lipinski definition) is 1. The number of benzene rings is 1. The van der Waals surface area contributed by atoms with Crippen LogP contribution in [0, 0.1) is 5.92 Å². The number of carboxylic acids is 1. The molecule has 2 saturated heterocycles. The lowest BCUT2D eigenvalue weighted by Crippen LogP contribution is -2.67. The molecule has 3 atom stereocenters. The number of aromatic nitrogens is 2. The van der Waals surface area contributed by atoms with E-state index in [2.05, 4.69) is 10.2 Å². The first kappa shape index (κ1) is 28.1. The number of methoxy groups -OCH3 is 1. The Hall–Kier alpha value is -3.42. The van der Waals surface area contributed by atoms with E-state index in [9.17, 15) is 19.5 Å². The highest BCUT2D eigenvalue weighted by atomic mass is 32.2. The molecule has 0 radical (unpaired) electrons. The number of fused-ring (bicyclic) bond motifs is 1. The van der Waals surface area contributed by atoms with E-state index in [1.54, 1.807) is 14.0 Å². The Balaban J connectivity index is 1.57. The number of carboxylic acid groups (broad SMARTS) is 1. The van der Waals surface area contributed by atoms with E-state index in [4.69, 9.17) is 18.6 Å². The Labute approximate surface area is 235 Å². The molecule has 2 aromatic rings. The molecule has 0 spiro atoms. The van der Waals surface area contributed by atoms with Crippen molar-refractivity contribution in [2.45, 2.75) is 56.7 Å². The van der Waals surface area contributed by atoms with Gasteiger partial charge in [0.25, 0.3) is 5.89 Å². The van der Waals surface area contributed by atoms with Crippen LogP contribution in [0.3, 0.4) is 0 Å². The van der Waals surface area contributed by atoms with Gasteiger partial charge >= 0.3 is 12.0 Å². The van der Waals surface area contributed by atoms with Crippen LogP contribution in [0.1, 0.15) is 51.2 Å². The van der Waals surface area contributed by atoms with Crippen LogP contribution in [-0.4, -0.2) is 86.9 Å². The summed E-state index contributed by atoms with van der Waals surface area (Å²) >= 11 is 1.28. The molecule has 0 saturated carbocycles. The quantitative estimate of drug-likeness (QED) is 0.471. The Kier molecular flexibility index (Phi) is 7.89. The molecule has 3 amide bonds. The van der Waals surface area contributed by atoms with Crippen LogP contribution >= 0.6 is 11.8 Å². The summed E-state index contributed by atoms with van der Waals surface area (Å²) in [6.07, 6.45) is 1.85. The number of rotatable bonds is 9. The van der Waals surface area contributed by atoms with Gasteiger partial charge in [-0.2, -0.15) is 0 Å². The van der Waals surface area contributed by atoms with Crippen molar-refractivity contribution < 1.29 is 38.1 Å². The zero-order valence-corrected chi connectivity index (χ0v) is 23.6. The number of nitrogens with zero attached hydrogens (tertiary/aromatic N) is 4. The monoisotopic (exact) mass is 572 g/mol. The highest BCUT2D eigenvalue weighted by molar-refractivity contribution is 8.09. The summed E-state index contributed by atoms with van der Waals surface area (Å²) in [6.45, 7) is 5.65. The van der Waals surface area contributed by atoms with Crippen LogP contribution in [0.15, 0.2) is 40.6 Å². The fourth-order valence-electron chi connectivity index (χ4n) is 5.31. The minimum Gasteiger partial charge on any atom is -0.496 e. The molecule has 1 aromatic heterocycles. The maximum atomic E-state index is 14.1. The maximum Gasteiger partial charge on any atom is 0.329 e. The minimum atomic E-state index is -1.79. The number of thioether (sulfide) groups is 1. The molecule has 3 aliphatic heterocycles. The van der Waals surface area contributed by atoms with Crippen LogP contribution in [-0.2, 0) is 19.1 Å². The molecule has 0 aliphatic carbocycles. The van der Waals surface area contributed by atoms with Gasteiger partial charge in [0.05, 0.1) is 36.0 Å². The first-order valence-electron chi connectivity index (χ1n) is 13.0. The van der Waals surface area contributed by atoms with E-state index in [0.29, 0.717) is 42.3 Å². The van der Waals surface area contributed by atoms with Gasteiger partial charge in [-0.1, -0.05) is 30.0 Å². The van der Waals surface area contributed by atoms with Gasteiger partial charge in [0.15, 0.2) is 0 Å². The van der Waals surface area contributed by atoms with Crippen LogP contribution in [0.2, 0.25) is 0 Å². The molecule has 0 bridgehead atoms. The van der Waals surface area contributed by atoms with Crippen molar-refractivity contribution in [3.05, 3.63) is 47.7 Å². The van der Waals surface area contributed by atoms with Crippen molar-refractivity contribution in [1.82, 2.24) is 20.0 Å². The molecule has 214 valence electrons. The molecule has 4 heterocycles. The van der Waals surface area contributed by atoms with Crippen molar-refractivity contribution in [2.75, 3.05) is 26.9 Å². The molecular formula is C27H32N4O8S. The van der Waals surface area contributed by atoms with E-state index < -0.39 is 40.8 Å². The van der Waals surface area contributed by atoms with Gasteiger partial charge in [-0.15, -0.1) is 10.2 Å². The lowest BCUT2D eigenvalue weighted by atomic mass is 9.91. The van der Waals surface area contributed by atoms with Gasteiger partial charge in [-0.05, 0) is 45.3 Å². The van der Waals surface area contributed by atoms with Crippen molar-refractivity contribution in [2.24, 2.45) is 5.92 Å². The third kappa shape index (κ3) is 4.97. The smallest absolute Gasteiger partial charge is 0.329 e. The fourth-order valence-corrected chi connectivity index (χ4v) is 6.82. The second kappa shape index (κ2) is 11.2. The predicted octanol–water partition coefficient (Wildman–Crippen LogP) is 3.56. The van der Waals surface area contributed by atoms with Crippen LogP contribution < -0.4 is 4.74 Å². The number of para-hydroxylation sites is 1. The summed E-state index contributed by atoms with van der Waals surface area (Å²) in [6, 6.07) is 6.72. The summed E-state index contributed by atoms with van der Waals surface area (Å²) in [5.41, 5.74) is -0.421. The first-order valence-corrected chi connectivity index (χ1v) is 13.9. The standard InChI is InChI=1S/C27H32N4O8S/c1-15-20-23(32)31(27(2,3)25(33)34)26(35)30(24(20)40-21(15)22-29-28-14-38-22)13-19(39-16-9-11-37-12-10-16)17-7-5-6-8-18(17)36-4/h5-8,14,16,19-20,24H,9-13H2,1-4H3,(H,33,34)/t19-,20?,24?/m0/s1. The Morgan fingerprint density at radius 1 is 1.25 bits per heavy atom. The second-order valence-electron chi connectivity index (χ2n) is 10.4. The van der Waals surface area contributed by atoms with Crippen LogP contribution in [0.4, 0.5) is 4.79 Å². The van der Waals surface area contributed by atoms with E-state index >= 15 is 0 Å². The van der Waals surface area contributed by atoms with Gasteiger partial charge in [0, 0.05) is 18.8 Å².